The van der Waals surface area contributed by atoms with E-state index in [-0.39, 0.29) is 11.7 Å². The summed E-state index contributed by atoms with van der Waals surface area (Å²) in [7, 11) is 0. The maximum absolute atomic E-state index is 12.4. The van der Waals surface area contributed by atoms with E-state index >= 15 is 0 Å². The molecule has 3 aromatic rings. The lowest BCUT2D eigenvalue weighted by Gasteiger charge is -2.35. The highest BCUT2D eigenvalue weighted by molar-refractivity contribution is 7.09. The van der Waals surface area contributed by atoms with Crippen LogP contribution in [-0.2, 0) is 4.74 Å². The molecule has 7 nitrogen and oxygen atoms in total. The van der Waals surface area contributed by atoms with Crippen LogP contribution in [0.1, 0.15) is 30.7 Å². The molecule has 8 heteroatoms. The number of aryl methyl sites for hydroxylation is 1. The lowest BCUT2D eigenvalue weighted by Crippen LogP contribution is -2.39. The third kappa shape index (κ3) is 4.25. The highest BCUT2D eigenvalue weighted by atomic mass is 32.1. The molecule has 1 amide bonds. The maximum Gasteiger partial charge on any atom is 0.416 e. The third-order valence-electron chi connectivity index (χ3n) is 6.16. The molecule has 1 spiro atoms. The second-order valence-corrected chi connectivity index (χ2v) is 9.40. The number of aromatic nitrogens is 3. The largest absolute Gasteiger partial charge is 0.441 e. The smallest absolute Gasteiger partial charge is 0.416 e. The summed E-state index contributed by atoms with van der Waals surface area (Å²) in [6.45, 7) is 3.46. The van der Waals surface area contributed by atoms with E-state index in [4.69, 9.17) is 4.74 Å². The van der Waals surface area contributed by atoms with Crippen LogP contribution in [0.15, 0.2) is 48.1 Å². The molecule has 0 unspecified atom stereocenters. The highest BCUT2D eigenvalue weighted by Gasteiger charge is 2.47. The Labute approximate surface area is 185 Å². The van der Waals surface area contributed by atoms with Gasteiger partial charge in [-0.05, 0) is 62.8 Å². The molecule has 1 saturated carbocycles. The molecular formula is C23H25N5O2S. The summed E-state index contributed by atoms with van der Waals surface area (Å²) < 4.78 is 5.83. The number of nitrogens with one attached hydrogen (secondary N) is 1. The predicted octanol–water partition coefficient (Wildman–Crippen LogP) is 4.91. The second-order valence-electron chi connectivity index (χ2n) is 8.33. The van der Waals surface area contributed by atoms with Crippen molar-refractivity contribution in [2.24, 2.45) is 5.92 Å². The first kappa shape index (κ1) is 19.9. The third-order valence-corrected chi connectivity index (χ3v) is 6.94. The molecule has 2 fully saturated rings. The van der Waals surface area contributed by atoms with Crippen molar-refractivity contribution in [3.63, 3.8) is 0 Å². The van der Waals surface area contributed by atoms with Crippen molar-refractivity contribution in [1.29, 1.82) is 0 Å². The minimum absolute atomic E-state index is 0.283. The van der Waals surface area contributed by atoms with E-state index < -0.39 is 0 Å². The molecule has 2 aliphatic rings. The van der Waals surface area contributed by atoms with Crippen LogP contribution in [0.25, 0.3) is 11.3 Å². The van der Waals surface area contributed by atoms with Gasteiger partial charge >= 0.3 is 6.09 Å². The van der Waals surface area contributed by atoms with Gasteiger partial charge in [0.25, 0.3) is 0 Å². The first-order valence-corrected chi connectivity index (χ1v) is 11.5. The Morgan fingerprint density at radius 3 is 2.77 bits per heavy atom. The topological polar surface area (TPSA) is 80.2 Å². The second kappa shape index (κ2) is 8.26. The van der Waals surface area contributed by atoms with Crippen LogP contribution in [0.2, 0.25) is 0 Å². The molecule has 3 aromatic heterocycles. The number of rotatable bonds is 5. The summed E-state index contributed by atoms with van der Waals surface area (Å²) in [5, 5.41) is 6.58. The molecule has 1 aliphatic carbocycles. The van der Waals surface area contributed by atoms with Crippen LogP contribution in [-0.4, -0.2) is 39.7 Å². The fourth-order valence-electron chi connectivity index (χ4n) is 4.38. The Bertz CT molecular complexity index is 1050. The van der Waals surface area contributed by atoms with Crippen molar-refractivity contribution in [3.05, 3.63) is 53.1 Å². The Balaban J connectivity index is 1.13. The molecule has 1 aliphatic heterocycles. The average Bonchev–Trinajstić information content (AvgIpc) is 3.38. The molecule has 1 N–H and O–H groups in total. The number of nitrogens with zero attached hydrogens (tertiary/aromatic N) is 4. The normalized spacial score (nSPS) is 23.2. The molecule has 4 heterocycles. The van der Waals surface area contributed by atoms with Crippen LogP contribution in [0.4, 0.5) is 16.4 Å². The molecule has 0 atom stereocenters. The van der Waals surface area contributed by atoms with Gasteiger partial charge in [-0.3, -0.25) is 4.90 Å². The number of hydrogen-bond acceptors (Lipinski definition) is 7. The fraction of sp³-hybridized carbons (Fsp3) is 0.391. The van der Waals surface area contributed by atoms with E-state index in [1.807, 2.05) is 37.4 Å². The van der Waals surface area contributed by atoms with Crippen molar-refractivity contribution in [2.75, 3.05) is 23.3 Å². The van der Waals surface area contributed by atoms with Crippen LogP contribution < -0.4 is 10.2 Å². The summed E-state index contributed by atoms with van der Waals surface area (Å²) >= 11 is 1.65. The zero-order valence-electron chi connectivity index (χ0n) is 17.5. The number of amides is 1. The molecule has 1 saturated heterocycles. The van der Waals surface area contributed by atoms with Crippen molar-refractivity contribution >= 4 is 29.1 Å². The van der Waals surface area contributed by atoms with E-state index in [1.54, 1.807) is 22.4 Å². The average molecular weight is 436 g/mol. The van der Waals surface area contributed by atoms with Gasteiger partial charge in [0.15, 0.2) is 0 Å². The van der Waals surface area contributed by atoms with E-state index in [0.717, 1.165) is 54.3 Å². The molecule has 160 valence electrons. The van der Waals surface area contributed by atoms with Gasteiger partial charge < -0.3 is 10.1 Å². The molecule has 0 bridgehead atoms. The van der Waals surface area contributed by atoms with E-state index in [1.165, 1.54) is 0 Å². The van der Waals surface area contributed by atoms with Crippen LogP contribution in [0.3, 0.4) is 0 Å². The van der Waals surface area contributed by atoms with Gasteiger partial charge in [0.1, 0.15) is 17.2 Å². The van der Waals surface area contributed by atoms with Crippen molar-refractivity contribution < 1.29 is 9.53 Å². The summed E-state index contributed by atoms with van der Waals surface area (Å²) in [6, 6.07) is 9.66. The first-order chi connectivity index (χ1) is 15.1. The van der Waals surface area contributed by atoms with E-state index in [9.17, 15) is 4.79 Å². The minimum atomic E-state index is -0.378. The quantitative estimate of drug-likeness (QED) is 0.614. The van der Waals surface area contributed by atoms with Gasteiger partial charge in [-0.2, -0.15) is 0 Å². The van der Waals surface area contributed by atoms with Gasteiger partial charge in [0, 0.05) is 29.9 Å². The summed E-state index contributed by atoms with van der Waals surface area (Å²) in [5.74, 6) is 2.08. The van der Waals surface area contributed by atoms with Gasteiger partial charge in [0.05, 0.1) is 17.2 Å². The number of carbonyl (C=O) groups is 1. The van der Waals surface area contributed by atoms with Crippen molar-refractivity contribution in [1.82, 2.24) is 15.0 Å². The molecular weight excluding hydrogens is 410 g/mol. The summed E-state index contributed by atoms with van der Waals surface area (Å²) in [6.07, 6.45) is 7.09. The monoisotopic (exact) mass is 435 g/mol. The van der Waals surface area contributed by atoms with Crippen LogP contribution >= 0.6 is 11.3 Å². The molecule has 5 rings (SSSR count). The number of thiazole rings is 1. The fourth-order valence-corrected chi connectivity index (χ4v) is 5.00. The van der Waals surface area contributed by atoms with Gasteiger partial charge in [-0.15, -0.1) is 11.3 Å². The Hall–Kier alpha value is -3.00. The summed E-state index contributed by atoms with van der Waals surface area (Å²) in [4.78, 5) is 27.4. The van der Waals surface area contributed by atoms with Gasteiger partial charge in [-0.25, -0.2) is 19.7 Å². The Morgan fingerprint density at radius 1 is 1.23 bits per heavy atom. The standard InChI is InChI=1S/C23H25N5O2S/c1-16-27-19(14-31-16)18-5-6-20(26-13-18)25-12-17-7-9-23(10-8-17)15-28(22(29)30-23)21-4-2-3-11-24-21/h2-6,11,13-14,17H,7-10,12,15H2,1H3,(H,25,26). The lowest BCUT2D eigenvalue weighted by atomic mass is 9.78. The van der Waals surface area contributed by atoms with Gasteiger partial charge in [-0.1, -0.05) is 6.07 Å². The Kier molecular flexibility index (Phi) is 5.31. The zero-order valence-corrected chi connectivity index (χ0v) is 18.3. The number of hydrogen-bond donors (Lipinski definition) is 1. The zero-order chi connectivity index (χ0) is 21.3. The van der Waals surface area contributed by atoms with E-state index in [0.29, 0.717) is 18.3 Å². The lowest BCUT2D eigenvalue weighted by molar-refractivity contribution is 0.0148. The highest BCUT2D eigenvalue weighted by Crippen LogP contribution is 2.40. The van der Waals surface area contributed by atoms with Crippen molar-refractivity contribution in [2.45, 2.75) is 38.2 Å². The number of carbonyl (C=O) groups excluding carboxylic acids is 1. The number of ether oxygens (including phenoxy) is 1. The Morgan fingerprint density at radius 2 is 2.10 bits per heavy atom. The maximum atomic E-state index is 12.4. The van der Waals surface area contributed by atoms with Gasteiger partial charge in [0.2, 0.25) is 0 Å². The SMILES string of the molecule is Cc1nc(-c2ccc(NCC3CCC4(CC3)CN(c3ccccn3)C(=O)O4)nc2)cs1. The predicted molar refractivity (Wildman–Crippen MR) is 121 cm³/mol. The first-order valence-electron chi connectivity index (χ1n) is 10.6. The van der Waals surface area contributed by atoms with E-state index in [2.05, 4.69) is 31.7 Å². The molecule has 31 heavy (non-hydrogen) atoms. The number of anilines is 2. The molecule has 0 aromatic carbocycles. The number of pyridine rings is 2. The minimum Gasteiger partial charge on any atom is -0.441 e. The summed E-state index contributed by atoms with van der Waals surface area (Å²) in [5.41, 5.74) is 1.64. The van der Waals surface area contributed by atoms with Crippen LogP contribution in [0.5, 0.6) is 0 Å². The van der Waals surface area contributed by atoms with Crippen LogP contribution in [0, 0.1) is 12.8 Å². The van der Waals surface area contributed by atoms with Crippen molar-refractivity contribution in [3.8, 4) is 11.3 Å². The molecule has 0 radical (unpaired) electrons.